The molecule has 4 aromatic rings. The van der Waals surface area contributed by atoms with E-state index in [1.807, 2.05) is 48.5 Å². The number of aryl methyl sites for hydroxylation is 1. The van der Waals surface area contributed by atoms with Crippen molar-refractivity contribution in [2.24, 2.45) is 7.05 Å². The van der Waals surface area contributed by atoms with Crippen molar-refractivity contribution in [3.8, 4) is 11.4 Å². The van der Waals surface area contributed by atoms with Crippen molar-refractivity contribution in [2.75, 3.05) is 0 Å². The molecule has 2 aromatic carbocycles. The number of rotatable bonds is 4. The van der Waals surface area contributed by atoms with Gasteiger partial charge in [-0.2, -0.15) is 5.10 Å². The van der Waals surface area contributed by atoms with Crippen LogP contribution in [0.3, 0.4) is 0 Å². The molecule has 2 heterocycles. The van der Waals surface area contributed by atoms with Crippen LogP contribution in [0.2, 0.25) is 0 Å². The SMILES string of the molecule is Cn1nccc1C(=O)NCc1ccc(-c2nc3ccccc3[nH]2)cc1. The molecule has 0 saturated heterocycles. The molecule has 2 N–H and O–H groups in total. The lowest BCUT2D eigenvalue weighted by atomic mass is 10.1. The number of nitrogens with one attached hydrogen (secondary N) is 2. The van der Waals surface area contributed by atoms with E-state index in [0.29, 0.717) is 12.2 Å². The van der Waals surface area contributed by atoms with E-state index < -0.39 is 0 Å². The second-order valence-corrected chi connectivity index (χ2v) is 5.82. The summed E-state index contributed by atoms with van der Waals surface area (Å²) >= 11 is 0. The van der Waals surface area contributed by atoms with Crippen LogP contribution in [0.5, 0.6) is 0 Å². The highest BCUT2D eigenvalue weighted by Gasteiger charge is 2.09. The Morgan fingerprint density at radius 2 is 1.92 bits per heavy atom. The minimum absolute atomic E-state index is 0.138. The molecule has 1 amide bonds. The summed E-state index contributed by atoms with van der Waals surface area (Å²) in [6, 6.07) is 17.6. The van der Waals surface area contributed by atoms with Crippen molar-refractivity contribution < 1.29 is 4.79 Å². The number of fused-ring (bicyclic) bond motifs is 1. The van der Waals surface area contributed by atoms with E-state index in [1.165, 1.54) is 0 Å². The van der Waals surface area contributed by atoms with Crippen molar-refractivity contribution in [2.45, 2.75) is 6.54 Å². The molecule has 0 aliphatic rings. The Morgan fingerprint density at radius 1 is 1.12 bits per heavy atom. The number of benzene rings is 2. The van der Waals surface area contributed by atoms with E-state index in [4.69, 9.17) is 0 Å². The first-order chi connectivity index (χ1) is 12.2. The third kappa shape index (κ3) is 3.01. The molecule has 25 heavy (non-hydrogen) atoms. The van der Waals surface area contributed by atoms with Crippen LogP contribution >= 0.6 is 0 Å². The van der Waals surface area contributed by atoms with Crippen LogP contribution in [0.15, 0.2) is 60.8 Å². The maximum Gasteiger partial charge on any atom is 0.269 e. The van der Waals surface area contributed by atoms with Gasteiger partial charge in [-0.15, -0.1) is 0 Å². The third-order valence-corrected chi connectivity index (χ3v) is 4.12. The first kappa shape index (κ1) is 15.1. The van der Waals surface area contributed by atoms with Gasteiger partial charge in [-0.1, -0.05) is 36.4 Å². The molecule has 2 aromatic heterocycles. The number of amides is 1. The normalized spacial score (nSPS) is 10.9. The molecule has 0 atom stereocenters. The highest BCUT2D eigenvalue weighted by atomic mass is 16.2. The lowest BCUT2D eigenvalue weighted by Gasteiger charge is -2.06. The van der Waals surface area contributed by atoms with Crippen LogP contribution in [0.4, 0.5) is 0 Å². The number of carbonyl (C=O) groups is 1. The number of carbonyl (C=O) groups excluding carboxylic acids is 1. The Labute approximate surface area is 144 Å². The van der Waals surface area contributed by atoms with E-state index in [1.54, 1.807) is 24.0 Å². The molecular weight excluding hydrogens is 314 g/mol. The Balaban J connectivity index is 1.46. The van der Waals surface area contributed by atoms with Crippen LogP contribution in [-0.4, -0.2) is 25.7 Å². The number of hydrogen-bond donors (Lipinski definition) is 2. The molecular formula is C19H17N5O. The van der Waals surface area contributed by atoms with Crippen molar-refractivity contribution in [3.05, 3.63) is 72.1 Å². The van der Waals surface area contributed by atoms with Crippen molar-refractivity contribution in [1.82, 2.24) is 25.1 Å². The number of H-pyrrole nitrogens is 1. The molecule has 124 valence electrons. The minimum Gasteiger partial charge on any atom is -0.347 e. The fourth-order valence-corrected chi connectivity index (χ4v) is 2.74. The van der Waals surface area contributed by atoms with Crippen LogP contribution in [0, 0.1) is 0 Å². The largest absolute Gasteiger partial charge is 0.347 e. The first-order valence-electron chi connectivity index (χ1n) is 8.01. The second kappa shape index (κ2) is 6.24. The molecule has 6 nitrogen and oxygen atoms in total. The summed E-state index contributed by atoms with van der Waals surface area (Å²) in [7, 11) is 1.75. The van der Waals surface area contributed by atoms with Crippen LogP contribution in [-0.2, 0) is 13.6 Å². The van der Waals surface area contributed by atoms with Gasteiger partial charge >= 0.3 is 0 Å². The monoisotopic (exact) mass is 331 g/mol. The molecule has 0 spiro atoms. The maximum absolute atomic E-state index is 12.1. The number of aromatic nitrogens is 4. The van der Waals surface area contributed by atoms with Gasteiger partial charge in [0.05, 0.1) is 11.0 Å². The zero-order chi connectivity index (χ0) is 17.2. The van der Waals surface area contributed by atoms with Gasteiger partial charge in [0.2, 0.25) is 0 Å². The van der Waals surface area contributed by atoms with Crippen molar-refractivity contribution in [3.63, 3.8) is 0 Å². The zero-order valence-corrected chi connectivity index (χ0v) is 13.7. The number of para-hydroxylation sites is 2. The summed E-state index contributed by atoms with van der Waals surface area (Å²) in [5.74, 6) is 0.702. The zero-order valence-electron chi connectivity index (χ0n) is 13.7. The Kier molecular flexibility index (Phi) is 3.78. The number of imidazole rings is 1. The van der Waals surface area contributed by atoms with Crippen LogP contribution in [0.25, 0.3) is 22.4 Å². The van der Waals surface area contributed by atoms with Gasteiger partial charge < -0.3 is 10.3 Å². The van der Waals surface area contributed by atoms with E-state index in [9.17, 15) is 4.79 Å². The lowest BCUT2D eigenvalue weighted by molar-refractivity contribution is 0.0941. The van der Waals surface area contributed by atoms with Gasteiger partial charge in [0.15, 0.2) is 0 Å². The summed E-state index contributed by atoms with van der Waals surface area (Å²) in [4.78, 5) is 20.0. The number of hydrogen-bond acceptors (Lipinski definition) is 3. The Morgan fingerprint density at radius 3 is 2.64 bits per heavy atom. The number of aromatic amines is 1. The Hall–Kier alpha value is -3.41. The topological polar surface area (TPSA) is 75.6 Å². The van der Waals surface area contributed by atoms with E-state index in [-0.39, 0.29) is 5.91 Å². The van der Waals surface area contributed by atoms with Crippen molar-refractivity contribution in [1.29, 1.82) is 0 Å². The molecule has 4 rings (SSSR count). The third-order valence-electron chi connectivity index (χ3n) is 4.12. The smallest absolute Gasteiger partial charge is 0.269 e. The summed E-state index contributed by atoms with van der Waals surface area (Å²) in [6.07, 6.45) is 1.61. The quantitative estimate of drug-likeness (QED) is 0.604. The second-order valence-electron chi connectivity index (χ2n) is 5.82. The molecule has 0 unspecified atom stereocenters. The standard InChI is InChI=1S/C19H17N5O/c1-24-17(10-11-21-24)19(25)20-12-13-6-8-14(9-7-13)18-22-15-4-2-3-5-16(15)23-18/h2-11H,12H2,1H3,(H,20,25)(H,22,23). The molecule has 0 bridgehead atoms. The molecule has 0 fully saturated rings. The highest BCUT2D eigenvalue weighted by Crippen LogP contribution is 2.20. The van der Waals surface area contributed by atoms with Gasteiger partial charge in [0, 0.05) is 25.4 Å². The van der Waals surface area contributed by atoms with Gasteiger partial charge in [-0.3, -0.25) is 9.48 Å². The molecule has 0 aliphatic carbocycles. The summed E-state index contributed by atoms with van der Waals surface area (Å²) < 4.78 is 1.56. The summed E-state index contributed by atoms with van der Waals surface area (Å²) in [6.45, 7) is 0.463. The van der Waals surface area contributed by atoms with Gasteiger partial charge in [0.25, 0.3) is 5.91 Å². The average Bonchev–Trinajstić information content (AvgIpc) is 3.26. The minimum atomic E-state index is -0.138. The number of nitrogens with zero attached hydrogens (tertiary/aromatic N) is 3. The maximum atomic E-state index is 12.1. The lowest BCUT2D eigenvalue weighted by Crippen LogP contribution is -2.25. The van der Waals surface area contributed by atoms with E-state index in [2.05, 4.69) is 20.4 Å². The summed E-state index contributed by atoms with van der Waals surface area (Å²) in [5.41, 5.74) is 4.54. The predicted molar refractivity (Wildman–Crippen MR) is 95.9 cm³/mol. The van der Waals surface area contributed by atoms with Crippen LogP contribution < -0.4 is 5.32 Å². The summed E-state index contributed by atoms with van der Waals surface area (Å²) in [5, 5.41) is 6.90. The molecule has 0 radical (unpaired) electrons. The van der Waals surface area contributed by atoms with Gasteiger partial charge in [-0.05, 0) is 23.8 Å². The van der Waals surface area contributed by atoms with Gasteiger partial charge in [0.1, 0.15) is 11.5 Å². The van der Waals surface area contributed by atoms with Crippen molar-refractivity contribution >= 4 is 16.9 Å². The van der Waals surface area contributed by atoms with E-state index >= 15 is 0 Å². The first-order valence-corrected chi connectivity index (χ1v) is 8.01. The predicted octanol–water partition coefficient (Wildman–Crippen LogP) is 2.89. The average molecular weight is 331 g/mol. The molecule has 0 saturated carbocycles. The van der Waals surface area contributed by atoms with E-state index in [0.717, 1.165) is 28.0 Å². The fourth-order valence-electron chi connectivity index (χ4n) is 2.74. The molecule has 0 aliphatic heterocycles. The van der Waals surface area contributed by atoms with Crippen LogP contribution in [0.1, 0.15) is 16.1 Å². The molecule has 6 heteroatoms. The fraction of sp³-hybridized carbons (Fsp3) is 0.105. The Bertz CT molecular complexity index is 996. The highest BCUT2D eigenvalue weighted by molar-refractivity contribution is 5.92. The van der Waals surface area contributed by atoms with Gasteiger partial charge in [-0.25, -0.2) is 4.98 Å².